The fourth-order valence-electron chi connectivity index (χ4n) is 4.54. The maximum atomic E-state index is 12.7. The second-order valence-electron chi connectivity index (χ2n) is 9.18. The van der Waals surface area contributed by atoms with Gasteiger partial charge in [-0.05, 0) is 74.0 Å². The molecule has 0 atom stereocenters. The van der Waals surface area contributed by atoms with Gasteiger partial charge in [0.2, 0.25) is 5.88 Å². The highest BCUT2D eigenvalue weighted by Gasteiger charge is 2.20. The lowest BCUT2D eigenvalue weighted by molar-refractivity contribution is -0.384. The number of nitrogens with zero attached hydrogens (tertiary/aromatic N) is 5. The monoisotopic (exact) mass is 513 g/mol. The minimum atomic E-state index is -0.542. The molecule has 2 heterocycles. The van der Waals surface area contributed by atoms with Gasteiger partial charge in [0.15, 0.2) is 5.69 Å². The summed E-state index contributed by atoms with van der Waals surface area (Å²) in [6.45, 7) is 2.74. The van der Waals surface area contributed by atoms with Crippen LogP contribution in [0.2, 0.25) is 0 Å². The largest absolute Gasteiger partial charge is 0.493 e. The van der Waals surface area contributed by atoms with E-state index in [-0.39, 0.29) is 23.9 Å². The molecule has 10 nitrogen and oxygen atoms in total. The zero-order valence-corrected chi connectivity index (χ0v) is 20.7. The quantitative estimate of drug-likeness (QED) is 0.170. The van der Waals surface area contributed by atoms with Gasteiger partial charge in [-0.25, -0.2) is 0 Å². The van der Waals surface area contributed by atoms with Crippen molar-refractivity contribution in [2.45, 2.75) is 32.5 Å². The van der Waals surface area contributed by atoms with Crippen LogP contribution < -0.4 is 4.74 Å². The predicted molar refractivity (Wildman–Crippen MR) is 142 cm³/mol. The van der Waals surface area contributed by atoms with E-state index in [1.54, 1.807) is 36.4 Å². The number of carbonyl (C=O) groups excluding carboxylic acids is 1. The average molecular weight is 514 g/mol. The van der Waals surface area contributed by atoms with E-state index in [4.69, 9.17) is 4.74 Å². The topological polar surface area (TPSA) is 123 Å². The number of hydrogen-bond donors (Lipinski definition) is 1. The Morgan fingerprint density at radius 2 is 1.68 bits per heavy atom. The molecule has 10 heteroatoms. The molecule has 5 rings (SSSR count). The number of para-hydroxylation sites is 1. The van der Waals surface area contributed by atoms with Crippen molar-refractivity contribution >= 4 is 28.2 Å². The summed E-state index contributed by atoms with van der Waals surface area (Å²) >= 11 is 0. The van der Waals surface area contributed by atoms with Crippen LogP contribution >= 0.6 is 0 Å². The molecule has 1 aliphatic heterocycles. The Morgan fingerprint density at radius 3 is 2.39 bits per heavy atom. The number of nitro groups is 1. The molecule has 1 N–H and O–H groups in total. The molecule has 1 aromatic heterocycles. The van der Waals surface area contributed by atoms with Crippen LogP contribution in [0, 0.1) is 10.1 Å². The van der Waals surface area contributed by atoms with Crippen LogP contribution in [0.3, 0.4) is 0 Å². The van der Waals surface area contributed by atoms with Crippen molar-refractivity contribution in [3.63, 3.8) is 0 Å². The fourth-order valence-corrected chi connectivity index (χ4v) is 4.54. The van der Waals surface area contributed by atoms with Crippen LogP contribution in [-0.4, -0.2) is 38.5 Å². The summed E-state index contributed by atoms with van der Waals surface area (Å²) in [5.74, 6) is -0.0160. The summed E-state index contributed by atoms with van der Waals surface area (Å²) in [6.07, 6.45) is 3.51. The molecule has 1 fully saturated rings. The maximum absolute atomic E-state index is 12.7. The Balaban J connectivity index is 1.27. The highest BCUT2D eigenvalue weighted by atomic mass is 16.6. The molecule has 0 radical (unpaired) electrons. The van der Waals surface area contributed by atoms with Crippen molar-refractivity contribution in [3.05, 3.63) is 94.0 Å². The molecule has 1 saturated heterocycles. The normalized spacial score (nSPS) is 14.2. The number of carbonyl (C=O) groups is 1. The van der Waals surface area contributed by atoms with E-state index in [0.717, 1.165) is 42.4 Å². The number of hydrogen-bond acceptors (Lipinski definition) is 7. The molecule has 38 heavy (non-hydrogen) atoms. The first-order valence-electron chi connectivity index (χ1n) is 12.4. The molecule has 0 unspecified atom stereocenters. The van der Waals surface area contributed by atoms with Crippen LogP contribution in [0.4, 0.5) is 11.4 Å². The van der Waals surface area contributed by atoms with Crippen LogP contribution in [0.15, 0.2) is 83.0 Å². The Hall–Kier alpha value is -4.57. The number of rotatable bonds is 8. The van der Waals surface area contributed by atoms with Crippen molar-refractivity contribution in [1.29, 1.82) is 0 Å². The lowest BCUT2D eigenvalue weighted by Crippen LogP contribution is -2.31. The van der Waals surface area contributed by atoms with Crippen molar-refractivity contribution in [2.75, 3.05) is 13.1 Å². The molecule has 3 aromatic carbocycles. The Kier molecular flexibility index (Phi) is 7.41. The number of ether oxygens (including phenoxy) is 1. The number of likely N-dealkylation sites (tertiary alicyclic amines) is 1. The van der Waals surface area contributed by atoms with Crippen LogP contribution in [0.5, 0.6) is 11.6 Å². The van der Waals surface area contributed by atoms with Crippen LogP contribution in [0.25, 0.3) is 10.9 Å². The van der Waals surface area contributed by atoms with E-state index in [0.29, 0.717) is 18.0 Å². The number of aromatic hydroxyl groups is 1. The van der Waals surface area contributed by atoms with E-state index in [2.05, 4.69) is 15.1 Å². The molecule has 0 spiro atoms. The number of aromatic nitrogens is 1. The fraction of sp³-hybridized carbons (Fsp3) is 0.250. The van der Waals surface area contributed by atoms with Crippen LogP contribution in [0.1, 0.15) is 35.2 Å². The summed E-state index contributed by atoms with van der Waals surface area (Å²) in [7, 11) is 0. The van der Waals surface area contributed by atoms with Gasteiger partial charge in [-0.3, -0.25) is 24.4 Å². The summed E-state index contributed by atoms with van der Waals surface area (Å²) in [4.78, 5) is 25.3. The van der Waals surface area contributed by atoms with E-state index >= 15 is 0 Å². The molecule has 0 bridgehead atoms. The van der Waals surface area contributed by atoms with Gasteiger partial charge < -0.3 is 9.84 Å². The number of amides is 1. The number of benzene rings is 3. The molecule has 1 amide bonds. The standard InChI is InChI=1S/C28H27N5O5/c34-27(21-10-14-23(15-11-21)38-18-20-8-12-22(13-9-20)33(36)37)30-29-26-24-6-2-3-7-25(24)32(28(26)35)19-31-16-4-1-5-17-31/h2-3,6-15,35H,1,4-5,16-19H2. The van der Waals surface area contributed by atoms with E-state index in [1.807, 2.05) is 28.8 Å². The predicted octanol–water partition coefficient (Wildman–Crippen LogP) is 6.20. The average Bonchev–Trinajstić information content (AvgIpc) is 3.21. The molecule has 194 valence electrons. The minimum Gasteiger partial charge on any atom is -0.493 e. The third-order valence-corrected chi connectivity index (χ3v) is 6.60. The van der Waals surface area contributed by atoms with E-state index in [1.165, 1.54) is 18.6 Å². The smallest absolute Gasteiger partial charge is 0.295 e. The van der Waals surface area contributed by atoms with Crippen molar-refractivity contribution in [3.8, 4) is 11.6 Å². The first kappa shape index (κ1) is 25.1. The van der Waals surface area contributed by atoms with E-state index in [9.17, 15) is 20.0 Å². The third-order valence-electron chi connectivity index (χ3n) is 6.60. The Labute approximate surface area is 218 Å². The van der Waals surface area contributed by atoms with Crippen LogP contribution in [-0.2, 0) is 13.3 Å². The lowest BCUT2D eigenvalue weighted by atomic mass is 10.1. The summed E-state index contributed by atoms with van der Waals surface area (Å²) in [5, 5.41) is 30.5. The first-order chi connectivity index (χ1) is 18.5. The Bertz CT molecular complexity index is 1470. The Morgan fingerprint density at radius 1 is 0.974 bits per heavy atom. The number of piperidine rings is 1. The second-order valence-corrected chi connectivity index (χ2v) is 9.18. The van der Waals surface area contributed by atoms with Gasteiger partial charge >= 0.3 is 0 Å². The van der Waals surface area contributed by atoms with Gasteiger partial charge in [0.1, 0.15) is 12.4 Å². The van der Waals surface area contributed by atoms with Crippen molar-refractivity contribution in [2.24, 2.45) is 10.2 Å². The summed E-state index contributed by atoms with van der Waals surface area (Å²) < 4.78 is 7.53. The van der Waals surface area contributed by atoms with Gasteiger partial charge in [0.05, 0.1) is 17.1 Å². The zero-order valence-electron chi connectivity index (χ0n) is 20.7. The molecule has 0 saturated carbocycles. The molecule has 1 aliphatic rings. The summed E-state index contributed by atoms with van der Waals surface area (Å²) in [6, 6.07) is 20.2. The lowest BCUT2D eigenvalue weighted by Gasteiger charge is -2.27. The second kappa shape index (κ2) is 11.2. The number of fused-ring (bicyclic) bond motifs is 1. The molecule has 4 aromatic rings. The van der Waals surface area contributed by atoms with Crippen molar-refractivity contribution < 1.29 is 19.6 Å². The van der Waals surface area contributed by atoms with Gasteiger partial charge in [-0.2, -0.15) is 0 Å². The first-order valence-corrected chi connectivity index (χ1v) is 12.4. The van der Waals surface area contributed by atoms with Gasteiger partial charge in [-0.15, -0.1) is 10.2 Å². The van der Waals surface area contributed by atoms with Gasteiger partial charge in [-0.1, -0.05) is 24.6 Å². The molecular weight excluding hydrogens is 486 g/mol. The van der Waals surface area contributed by atoms with Gasteiger partial charge in [0.25, 0.3) is 11.6 Å². The summed E-state index contributed by atoms with van der Waals surface area (Å²) in [5.41, 5.74) is 2.24. The van der Waals surface area contributed by atoms with Gasteiger partial charge in [0, 0.05) is 23.1 Å². The minimum absolute atomic E-state index is 0.0108. The number of nitro benzene ring substituents is 1. The van der Waals surface area contributed by atoms with Crippen molar-refractivity contribution in [1.82, 2.24) is 9.47 Å². The highest BCUT2D eigenvalue weighted by molar-refractivity contribution is 5.97. The molecule has 0 aliphatic carbocycles. The zero-order chi connectivity index (χ0) is 26.5. The third kappa shape index (κ3) is 5.55. The number of azo groups is 1. The number of non-ortho nitro benzene ring substituents is 1. The SMILES string of the molecule is O=C(N=Nc1c(O)n(CN2CCCCC2)c2ccccc12)c1ccc(OCc2ccc([N+](=O)[O-])cc2)cc1. The highest BCUT2D eigenvalue weighted by Crippen LogP contribution is 2.39. The maximum Gasteiger partial charge on any atom is 0.295 e. The van der Waals surface area contributed by atoms with E-state index < -0.39 is 10.8 Å². The molecular formula is C28H27N5O5.